The first-order chi connectivity index (χ1) is 13.6. The zero-order valence-electron chi connectivity index (χ0n) is 16.3. The highest BCUT2D eigenvalue weighted by molar-refractivity contribution is 5.95. The predicted molar refractivity (Wildman–Crippen MR) is 107 cm³/mol. The van der Waals surface area contributed by atoms with Crippen molar-refractivity contribution < 1.29 is 9.53 Å². The van der Waals surface area contributed by atoms with Crippen molar-refractivity contribution in [1.29, 1.82) is 5.26 Å². The lowest BCUT2D eigenvalue weighted by Gasteiger charge is -2.42. The van der Waals surface area contributed by atoms with E-state index in [0.29, 0.717) is 12.1 Å². The Morgan fingerprint density at radius 2 is 2.18 bits per heavy atom. The predicted octanol–water partition coefficient (Wildman–Crippen LogP) is 1.52. The van der Waals surface area contributed by atoms with Crippen LogP contribution in [-0.4, -0.2) is 66.8 Å². The summed E-state index contributed by atoms with van der Waals surface area (Å²) in [4.78, 5) is 20.9. The number of anilines is 1. The molecule has 4 rings (SSSR count). The highest BCUT2D eigenvalue weighted by atomic mass is 16.5. The number of carbonyl (C=O) groups is 1. The number of carbonyl (C=O) groups excluding carboxylic acids is 1. The molecule has 1 N–H and O–H groups in total. The van der Waals surface area contributed by atoms with Gasteiger partial charge in [0.05, 0.1) is 29.3 Å². The van der Waals surface area contributed by atoms with Crippen molar-refractivity contribution >= 4 is 22.5 Å². The maximum atomic E-state index is 12.0. The molecule has 2 aliphatic heterocycles. The molecule has 0 saturated carbocycles. The number of aromatic nitrogens is 1. The topological polar surface area (TPSA) is 81.5 Å². The molecule has 1 amide bonds. The number of nitrogens with one attached hydrogen (secondary N) is 1. The molecule has 2 aromatic rings. The second-order valence-electron chi connectivity index (χ2n) is 7.58. The molecule has 0 aliphatic carbocycles. The van der Waals surface area contributed by atoms with Crippen molar-refractivity contribution in [3.8, 4) is 6.07 Å². The van der Waals surface area contributed by atoms with Crippen molar-refractivity contribution in [3.63, 3.8) is 0 Å². The number of rotatable bonds is 3. The molecular weight excluding hydrogens is 354 g/mol. The van der Waals surface area contributed by atoms with E-state index < -0.39 is 0 Å². The molecular formula is C21H25N5O2. The molecule has 2 saturated heterocycles. The first kappa shape index (κ1) is 18.7. The summed E-state index contributed by atoms with van der Waals surface area (Å²) in [5, 5.41) is 13.3. The Hall–Kier alpha value is -2.69. The van der Waals surface area contributed by atoms with Gasteiger partial charge in [0.25, 0.3) is 0 Å². The van der Waals surface area contributed by atoms with Crippen LogP contribution in [0.25, 0.3) is 10.9 Å². The van der Waals surface area contributed by atoms with Gasteiger partial charge in [0.2, 0.25) is 5.91 Å². The molecule has 7 nitrogen and oxygen atoms in total. The quantitative estimate of drug-likeness (QED) is 0.871. The van der Waals surface area contributed by atoms with Crippen molar-refractivity contribution in [3.05, 3.63) is 36.0 Å². The monoisotopic (exact) mass is 379 g/mol. The molecule has 2 fully saturated rings. The molecule has 1 aromatic heterocycles. The van der Waals surface area contributed by atoms with Crippen LogP contribution in [-0.2, 0) is 9.53 Å². The third-order valence-corrected chi connectivity index (χ3v) is 5.60. The van der Waals surface area contributed by atoms with Gasteiger partial charge in [-0.2, -0.15) is 5.26 Å². The van der Waals surface area contributed by atoms with E-state index in [9.17, 15) is 10.1 Å². The molecule has 0 spiro atoms. The Balaban J connectivity index is 1.58. The van der Waals surface area contributed by atoms with Crippen molar-refractivity contribution in [2.45, 2.75) is 32.1 Å². The Labute approximate surface area is 164 Å². The average molecular weight is 379 g/mol. The van der Waals surface area contributed by atoms with Gasteiger partial charge in [0, 0.05) is 50.0 Å². The number of fused-ring (bicyclic) bond motifs is 1. The van der Waals surface area contributed by atoms with Crippen molar-refractivity contribution in [2.24, 2.45) is 0 Å². The highest BCUT2D eigenvalue weighted by Gasteiger charge is 2.32. The third kappa shape index (κ3) is 3.53. The number of nitriles is 1. The van der Waals surface area contributed by atoms with Crippen LogP contribution in [0.15, 0.2) is 30.5 Å². The molecule has 0 bridgehead atoms. The number of hydrogen-bond acceptors (Lipinski definition) is 6. The number of ether oxygens (including phenoxy) is 1. The first-order valence-corrected chi connectivity index (χ1v) is 9.77. The van der Waals surface area contributed by atoms with Gasteiger partial charge in [0.15, 0.2) is 0 Å². The fraction of sp³-hybridized carbons (Fsp3) is 0.476. The number of amides is 1. The Bertz CT molecular complexity index is 925. The maximum absolute atomic E-state index is 12.0. The number of benzene rings is 1. The lowest BCUT2D eigenvalue weighted by molar-refractivity contribution is -0.129. The minimum absolute atomic E-state index is 0.0134. The van der Waals surface area contributed by atoms with E-state index in [4.69, 9.17) is 4.74 Å². The summed E-state index contributed by atoms with van der Waals surface area (Å²) in [6, 6.07) is 9.87. The van der Waals surface area contributed by atoms with Gasteiger partial charge in [-0.15, -0.1) is 0 Å². The van der Waals surface area contributed by atoms with Gasteiger partial charge in [-0.25, -0.2) is 0 Å². The van der Waals surface area contributed by atoms with Crippen LogP contribution >= 0.6 is 0 Å². The molecule has 2 aliphatic rings. The highest BCUT2D eigenvalue weighted by Crippen LogP contribution is 2.30. The van der Waals surface area contributed by atoms with Gasteiger partial charge in [0.1, 0.15) is 6.07 Å². The SMILES string of the molecule is CC1C(=O)NCCN1C[C@H]1CN(c2ccc(C#N)c3ncccc23)C[C@@H](C)O1. The lowest BCUT2D eigenvalue weighted by Crippen LogP contribution is -2.58. The summed E-state index contributed by atoms with van der Waals surface area (Å²) in [5.41, 5.74) is 2.40. The summed E-state index contributed by atoms with van der Waals surface area (Å²) in [6.45, 7) is 7.79. The van der Waals surface area contributed by atoms with Crippen LogP contribution in [0.1, 0.15) is 19.4 Å². The minimum Gasteiger partial charge on any atom is -0.370 e. The van der Waals surface area contributed by atoms with E-state index in [2.05, 4.69) is 33.1 Å². The zero-order chi connectivity index (χ0) is 19.7. The van der Waals surface area contributed by atoms with E-state index in [1.54, 1.807) is 6.20 Å². The Morgan fingerprint density at radius 1 is 1.32 bits per heavy atom. The second-order valence-corrected chi connectivity index (χ2v) is 7.58. The molecule has 146 valence electrons. The van der Waals surface area contributed by atoms with Crippen LogP contribution < -0.4 is 10.2 Å². The lowest BCUT2D eigenvalue weighted by atomic mass is 10.1. The molecule has 28 heavy (non-hydrogen) atoms. The van der Waals surface area contributed by atoms with Gasteiger partial charge < -0.3 is 15.0 Å². The van der Waals surface area contributed by atoms with Crippen LogP contribution in [0.2, 0.25) is 0 Å². The molecule has 1 unspecified atom stereocenters. The van der Waals surface area contributed by atoms with E-state index in [0.717, 1.165) is 42.8 Å². The normalized spacial score (nSPS) is 26.1. The Kier molecular flexibility index (Phi) is 5.16. The summed E-state index contributed by atoms with van der Waals surface area (Å²) in [7, 11) is 0. The smallest absolute Gasteiger partial charge is 0.237 e. The number of nitrogens with zero attached hydrogens (tertiary/aromatic N) is 4. The molecule has 1 aromatic carbocycles. The third-order valence-electron chi connectivity index (χ3n) is 5.60. The van der Waals surface area contributed by atoms with Crippen LogP contribution in [0.3, 0.4) is 0 Å². The number of morpholine rings is 1. The standard InChI is InChI=1S/C21H25N5O2/c1-14-11-26(13-17(28-14)12-25-9-8-24-21(27)15(25)2)19-6-5-16(10-22)20-18(19)4-3-7-23-20/h3-7,14-15,17H,8-9,11-13H2,1-2H3,(H,24,27)/t14-,15?,17+/m1/s1. The zero-order valence-corrected chi connectivity index (χ0v) is 16.3. The van der Waals surface area contributed by atoms with E-state index in [1.807, 2.05) is 31.2 Å². The molecule has 3 heterocycles. The fourth-order valence-electron chi connectivity index (χ4n) is 4.21. The van der Waals surface area contributed by atoms with Crippen LogP contribution in [0, 0.1) is 11.3 Å². The largest absolute Gasteiger partial charge is 0.370 e. The van der Waals surface area contributed by atoms with Crippen molar-refractivity contribution in [1.82, 2.24) is 15.2 Å². The fourth-order valence-corrected chi connectivity index (χ4v) is 4.21. The molecule has 3 atom stereocenters. The number of pyridine rings is 1. The number of piperazine rings is 1. The summed E-state index contributed by atoms with van der Waals surface area (Å²) in [5.74, 6) is 0.0797. The average Bonchev–Trinajstić information content (AvgIpc) is 2.70. The van der Waals surface area contributed by atoms with E-state index in [-0.39, 0.29) is 24.2 Å². The van der Waals surface area contributed by atoms with Crippen molar-refractivity contribution in [2.75, 3.05) is 37.6 Å². The summed E-state index contributed by atoms with van der Waals surface area (Å²) in [6.07, 6.45) is 1.81. The van der Waals surface area contributed by atoms with Gasteiger partial charge >= 0.3 is 0 Å². The maximum Gasteiger partial charge on any atom is 0.237 e. The van der Waals surface area contributed by atoms with E-state index in [1.165, 1.54) is 0 Å². The van der Waals surface area contributed by atoms with Gasteiger partial charge in [-0.1, -0.05) is 0 Å². The Morgan fingerprint density at radius 3 is 3.00 bits per heavy atom. The molecule has 0 radical (unpaired) electrons. The summed E-state index contributed by atoms with van der Waals surface area (Å²) >= 11 is 0. The summed E-state index contributed by atoms with van der Waals surface area (Å²) < 4.78 is 6.20. The second kappa shape index (κ2) is 7.74. The van der Waals surface area contributed by atoms with Crippen LogP contribution in [0.5, 0.6) is 0 Å². The van der Waals surface area contributed by atoms with Gasteiger partial charge in [-0.05, 0) is 38.1 Å². The van der Waals surface area contributed by atoms with E-state index >= 15 is 0 Å². The first-order valence-electron chi connectivity index (χ1n) is 9.77. The van der Waals surface area contributed by atoms with Gasteiger partial charge in [-0.3, -0.25) is 14.7 Å². The number of hydrogen-bond donors (Lipinski definition) is 1. The van der Waals surface area contributed by atoms with Crippen LogP contribution in [0.4, 0.5) is 5.69 Å². The molecule has 7 heteroatoms. The minimum atomic E-state index is -0.136.